The summed E-state index contributed by atoms with van der Waals surface area (Å²) in [5.74, 6) is 1.05. The highest BCUT2D eigenvalue weighted by Crippen LogP contribution is 2.32. The smallest absolute Gasteiger partial charge is 0.163 e. The molecule has 0 saturated carbocycles. The summed E-state index contributed by atoms with van der Waals surface area (Å²) in [7, 11) is 10.9. The predicted molar refractivity (Wildman–Crippen MR) is 146 cm³/mol. The van der Waals surface area contributed by atoms with E-state index in [4.69, 9.17) is 15.7 Å². The fraction of sp³-hybridized carbons (Fsp3) is 0.429. The van der Waals surface area contributed by atoms with E-state index in [0.29, 0.717) is 6.04 Å². The summed E-state index contributed by atoms with van der Waals surface area (Å²) in [5.41, 5.74) is 17.3. The molecule has 10 heteroatoms. The van der Waals surface area contributed by atoms with E-state index in [1.165, 1.54) is 45.1 Å². The van der Waals surface area contributed by atoms with Crippen LogP contribution in [0.2, 0.25) is 0 Å². The Balaban J connectivity index is 1.69. The van der Waals surface area contributed by atoms with Gasteiger partial charge in [-0.15, -0.1) is 0 Å². The van der Waals surface area contributed by atoms with Crippen LogP contribution in [0, 0.1) is 0 Å². The van der Waals surface area contributed by atoms with Crippen LogP contribution in [0.1, 0.15) is 48.8 Å². The fourth-order valence-electron chi connectivity index (χ4n) is 5.01. The molecule has 0 fully saturated rings. The van der Waals surface area contributed by atoms with Crippen LogP contribution < -0.4 is 33.2 Å². The Kier molecular flexibility index (Phi) is 6.68. The summed E-state index contributed by atoms with van der Waals surface area (Å²) in [6.45, 7) is 2.58. The van der Waals surface area contributed by atoms with Gasteiger partial charge in [0.1, 0.15) is 37.2 Å². The van der Waals surface area contributed by atoms with Crippen molar-refractivity contribution in [3.05, 3.63) is 29.2 Å². The standard InChI is InChI=1S/C21H32B5N5/c22-12-6-7-13-20(17(12)24)29-15(28-13)10-31(9-2-1-8-27)14-5-3-4-11-16(23)18(25)21(26)30-19(11)14/h6-7,14H,1-5,8-10,22-27H2,(H,28,29)/t14-/m0/s1. The van der Waals surface area contributed by atoms with Crippen LogP contribution >= 0.6 is 0 Å². The van der Waals surface area contributed by atoms with Crippen molar-refractivity contribution < 1.29 is 0 Å². The van der Waals surface area contributed by atoms with E-state index in [-0.39, 0.29) is 0 Å². The minimum absolute atomic E-state index is 0.343. The summed E-state index contributed by atoms with van der Waals surface area (Å²) in [6, 6.07) is 4.67. The third-order valence-corrected chi connectivity index (χ3v) is 7.30. The van der Waals surface area contributed by atoms with E-state index < -0.39 is 0 Å². The van der Waals surface area contributed by atoms with Crippen molar-refractivity contribution in [2.24, 2.45) is 5.73 Å². The van der Waals surface area contributed by atoms with Gasteiger partial charge in [-0.2, -0.15) is 0 Å². The highest BCUT2D eigenvalue weighted by Gasteiger charge is 2.29. The third kappa shape index (κ3) is 4.38. The Morgan fingerprint density at radius 3 is 2.61 bits per heavy atom. The highest BCUT2D eigenvalue weighted by molar-refractivity contribution is 6.56. The van der Waals surface area contributed by atoms with Crippen molar-refractivity contribution in [3.63, 3.8) is 0 Å². The Labute approximate surface area is 190 Å². The number of benzene rings is 1. The second kappa shape index (κ2) is 9.29. The van der Waals surface area contributed by atoms with Crippen molar-refractivity contribution in [1.82, 2.24) is 19.9 Å². The van der Waals surface area contributed by atoms with Crippen LogP contribution in [-0.2, 0) is 13.0 Å². The minimum atomic E-state index is 0.343. The number of H-pyrrole nitrogens is 1. The zero-order valence-corrected chi connectivity index (χ0v) is 19.8. The number of aromatic amines is 1. The zero-order valence-electron chi connectivity index (χ0n) is 19.8. The topological polar surface area (TPSA) is 70.8 Å². The molecule has 0 bridgehead atoms. The van der Waals surface area contributed by atoms with E-state index in [1.54, 1.807) is 0 Å². The molecular formula is C21H32B5N5. The molecule has 0 amide bonds. The Hall–Kier alpha value is -1.92. The molecule has 0 radical (unpaired) electrons. The molecule has 1 atom stereocenters. The first-order chi connectivity index (χ1) is 14.9. The van der Waals surface area contributed by atoms with Gasteiger partial charge in [0.2, 0.25) is 0 Å². The highest BCUT2D eigenvalue weighted by atomic mass is 15.2. The average Bonchev–Trinajstić information content (AvgIpc) is 3.17. The van der Waals surface area contributed by atoms with E-state index in [1.807, 2.05) is 0 Å². The van der Waals surface area contributed by atoms with E-state index in [9.17, 15) is 0 Å². The molecule has 1 aliphatic carbocycles. The summed E-state index contributed by atoms with van der Waals surface area (Å²) < 4.78 is 0. The Morgan fingerprint density at radius 1 is 1.03 bits per heavy atom. The van der Waals surface area contributed by atoms with Gasteiger partial charge in [-0.1, -0.05) is 27.9 Å². The minimum Gasteiger partial charge on any atom is -0.341 e. The monoisotopic (exact) mass is 409 g/mol. The quantitative estimate of drug-likeness (QED) is 0.303. The van der Waals surface area contributed by atoms with Crippen molar-refractivity contribution in [2.45, 2.75) is 44.7 Å². The lowest BCUT2D eigenvalue weighted by Crippen LogP contribution is -2.47. The number of rotatable bonds is 7. The maximum atomic E-state index is 5.81. The van der Waals surface area contributed by atoms with E-state index >= 15 is 0 Å². The summed E-state index contributed by atoms with van der Waals surface area (Å²) in [4.78, 5) is 16.3. The average molecular weight is 409 g/mol. The Bertz CT molecular complexity index is 1100. The molecule has 31 heavy (non-hydrogen) atoms. The van der Waals surface area contributed by atoms with Gasteiger partial charge in [-0.05, 0) is 62.4 Å². The normalized spacial score (nSPS) is 16.1. The summed E-state index contributed by atoms with van der Waals surface area (Å²) in [5, 5.41) is 0. The molecule has 1 aromatic carbocycles. The van der Waals surface area contributed by atoms with Gasteiger partial charge in [0, 0.05) is 0 Å². The van der Waals surface area contributed by atoms with Gasteiger partial charge in [0.05, 0.1) is 29.3 Å². The fourth-order valence-corrected chi connectivity index (χ4v) is 5.01. The maximum absolute atomic E-state index is 5.81. The number of fused-ring (bicyclic) bond motifs is 2. The molecule has 0 aliphatic heterocycles. The van der Waals surface area contributed by atoms with Crippen LogP contribution in [0.5, 0.6) is 0 Å². The number of pyridine rings is 1. The van der Waals surface area contributed by atoms with Crippen LogP contribution in [-0.4, -0.2) is 72.2 Å². The molecule has 156 valence electrons. The maximum Gasteiger partial charge on any atom is 0.163 e. The number of hydrogen-bond acceptors (Lipinski definition) is 4. The van der Waals surface area contributed by atoms with Crippen molar-refractivity contribution >= 4 is 77.7 Å². The first-order valence-electron chi connectivity index (χ1n) is 11.8. The number of nitrogens with zero attached hydrogens (tertiary/aromatic N) is 3. The second-order valence-electron chi connectivity index (χ2n) is 9.27. The SMILES string of the molecule is Bc1ccc2[nH]c(CN(CCCCN)[C@H]3CCCc4c3nc(B)c(B)c4B)nc2c1B. The molecular weight excluding hydrogens is 376 g/mol. The van der Waals surface area contributed by atoms with Gasteiger partial charge >= 0.3 is 0 Å². The molecule has 5 nitrogen and oxygen atoms in total. The Morgan fingerprint density at radius 2 is 1.84 bits per heavy atom. The molecule has 4 rings (SSSR count). The largest absolute Gasteiger partial charge is 0.341 e. The van der Waals surface area contributed by atoms with Gasteiger partial charge in [-0.25, -0.2) is 4.98 Å². The number of nitrogens with two attached hydrogens (primary N) is 1. The van der Waals surface area contributed by atoms with Crippen LogP contribution in [0.15, 0.2) is 12.1 Å². The number of imidazole rings is 1. The first-order valence-corrected chi connectivity index (χ1v) is 11.8. The van der Waals surface area contributed by atoms with Crippen molar-refractivity contribution in [2.75, 3.05) is 13.1 Å². The third-order valence-electron chi connectivity index (χ3n) is 7.30. The lowest BCUT2D eigenvalue weighted by Gasteiger charge is -2.36. The molecule has 3 N–H and O–H groups in total. The van der Waals surface area contributed by atoms with Gasteiger partial charge in [0.15, 0.2) is 7.85 Å². The van der Waals surface area contributed by atoms with Gasteiger partial charge in [0.25, 0.3) is 0 Å². The summed E-state index contributed by atoms with van der Waals surface area (Å²) in [6.07, 6.45) is 5.67. The molecule has 0 unspecified atom stereocenters. The lowest BCUT2D eigenvalue weighted by molar-refractivity contribution is 0.160. The van der Waals surface area contributed by atoms with Crippen LogP contribution in [0.4, 0.5) is 0 Å². The lowest BCUT2D eigenvalue weighted by atomic mass is 9.70. The number of aromatic nitrogens is 3. The van der Waals surface area contributed by atoms with Crippen molar-refractivity contribution in [3.8, 4) is 0 Å². The number of unbranched alkanes of at least 4 members (excludes halogenated alkanes) is 1. The molecule has 3 aromatic rings. The first kappa shape index (κ1) is 22.3. The predicted octanol–water partition coefficient (Wildman–Crippen LogP) is -5.13. The number of hydrogen-bond donors (Lipinski definition) is 2. The van der Waals surface area contributed by atoms with E-state index in [2.05, 4.69) is 61.2 Å². The van der Waals surface area contributed by atoms with Gasteiger partial charge in [-0.3, -0.25) is 9.88 Å². The molecule has 2 aromatic heterocycles. The van der Waals surface area contributed by atoms with Gasteiger partial charge < -0.3 is 10.7 Å². The van der Waals surface area contributed by atoms with Crippen LogP contribution in [0.25, 0.3) is 11.0 Å². The summed E-state index contributed by atoms with van der Waals surface area (Å²) >= 11 is 0. The number of nitrogens with one attached hydrogen (secondary N) is 1. The second-order valence-corrected chi connectivity index (χ2v) is 9.27. The molecule has 1 aliphatic rings. The zero-order chi connectivity index (χ0) is 22.1. The molecule has 2 heterocycles. The molecule has 0 saturated heterocycles. The van der Waals surface area contributed by atoms with Crippen LogP contribution in [0.3, 0.4) is 0 Å². The van der Waals surface area contributed by atoms with Crippen molar-refractivity contribution in [1.29, 1.82) is 0 Å². The van der Waals surface area contributed by atoms with E-state index in [0.717, 1.165) is 62.2 Å². The molecule has 0 spiro atoms.